The number of nitrogens with zero attached hydrogens (tertiary/aromatic N) is 7. The van der Waals surface area contributed by atoms with E-state index >= 15 is 0 Å². The van der Waals surface area contributed by atoms with Crippen LogP contribution < -0.4 is 10.2 Å². The van der Waals surface area contributed by atoms with Gasteiger partial charge in [-0.15, -0.1) is 0 Å². The molecule has 39 heavy (non-hydrogen) atoms. The fourth-order valence-corrected chi connectivity index (χ4v) is 4.90. The van der Waals surface area contributed by atoms with E-state index in [-0.39, 0.29) is 11.3 Å². The van der Waals surface area contributed by atoms with Crippen molar-refractivity contribution in [2.75, 3.05) is 43.4 Å². The van der Waals surface area contributed by atoms with Gasteiger partial charge in [0.15, 0.2) is 5.82 Å². The van der Waals surface area contributed by atoms with Crippen molar-refractivity contribution in [1.82, 2.24) is 40.0 Å². The fourth-order valence-electron chi connectivity index (χ4n) is 4.90. The van der Waals surface area contributed by atoms with Gasteiger partial charge in [-0.05, 0) is 24.6 Å². The average molecular weight is 525 g/mol. The van der Waals surface area contributed by atoms with E-state index in [1.807, 2.05) is 39.1 Å². The number of carbonyl (C=O) groups excluding carboxylic acids is 1. The number of carbonyl (C=O) groups is 1. The number of hydrogen-bond acceptors (Lipinski definition) is 8. The van der Waals surface area contributed by atoms with Crippen molar-refractivity contribution < 1.29 is 4.79 Å². The maximum atomic E-state index is 12.4. The van der Waals surface area contributed by atoms with Crippen LogP contribution in [0.2, 0.25) is 0 Å². The second-order valence-corrected chi connectivity index (χ2v) is 11.4. The molecule has 6 heterocycles. The van der Waals surface area contributed by atoms with Crippen LogP contribution in [-0.2, 0) is 4.79 Å². The van der Waals surface area contributed by atoms with Crippen LogP contribution in [0.3, 0.4) is 0 Å². The maximum absolute atomic E-state index is 12.4. The predicted octanol–water partition coefficient (Wildman–Crippen LogP) is 4.08. The van der Waals surface area contributed by atoms with E-state index in [2.05, 4.69) is 52.3 Å². The summed E-state index contributed by atoms with van der Waals surface area (Å²) in [5, 5.41) is 11.5. The Morgan fingerprint density at radius 3 is 2.59 bits per heavy atom. The van der Waals surface area contributed by atoms with E-state index in [4.69, 9.17) is 4.98 Å². The van der Waals surface area contributed by atoms with Crippen molar-refractivity contribution >= 4 is 39.2 Å². The summed E-state index contributed by atoms with van der Waals surface area (Å²) in [5.41, 5.74) is 6.35. The highest BCUT2D eigenvalue weighted by molar-refractivity contribution is 5.97. The summed E-state index contributed by atoms with van der Waals surface area (Å²) >= 11 is 0. The van der Waals surface area contributed by atoms with E-state index in [1.165, 1.54) is 0 Å². The van der Waals surface area contributed by atoms with Crippen molar-refractivity contribution in [2.24, 2.45) is 5.41 Å². The third kappa shape index (κ3) is 5.17. The molecule has 6 rings (SSSR count). The molecule has 0 bridgehead atoms. The number of H-pyrrole nitrogens is 2. The first-order chi connectivity index (χ1) is 18.7. The lowest BCUT2D eigenvalue weighted by Gasteiger charge is -2.33. The lowest BCUT2D eigenvalue weighted by molar-refractivity contribution is -0.117. The maximum Gasteiger partial charge on any atom is 0.224 e. The van der Waals surface area contributed by atoms with Crippen LogP contribution in [0.5, 0.6) is 0 Å². The second kappa shape index (κ2) is 9.73. The molecule has 200 valence electrons. The van der Waals surface area contributed by atoms with Crippen molar-refractivity contribution in [3.8, 4) is 22.8 Å². The molecular formula is C28H32N10O. The standard InChI is InChI=1S/C28H32N10O/c1-28(2,3)11-24(39)32-18-9-17(12-29-13-18)20-10-19-21(15-31-20)35-36-25(19)27-33-22-14-30-16-23(26(22)34-27)38-7-5-37(4)6-8-38/h9-10,12-16H,5-8,11H2,1-4H3,(H,32,39)(H,33,34)(H,35,36). The molecule has 0 spiro atoms. The second-order valence-electron chi connectivity index (χ2n) is 11.4. The molecule has 1 amide bonds. The van der Waals surface area contributed by atoms with Gasteiger partial charge in [0.1, 0.15) is 11.2 Å². The number of amides is 1. The topological polar surface area (TPSA) is 132 Å². The van der Waals surface area contributed by atoms with Gasteiger partial charge in [0.2, 0.25) is 5.91 Å². The highest BCUT2D eigenvalue weighted by Gasteiger charge is 2.21. The Bertz CT molecular complexity index is 1660. The highest BCUT2D eigenvalue weighted by Crippen LogP contribution is 2.32. The van der Waals surface area contributed by atoms with E-state index in [9.17, 15) is 4.79 Å². The Hall–Kier alpha value is -4.38. The lowest BCUT2D eigenvalue weighted by Crippen LogP contribution is -2.44. The number of likely N-dealkylation sites (N-methyl/N-ethyl adjacent to an activating group) is 1. The van der Waals surface area contributed by atoms with Gasteiger partial charge in [-0.25, -0.2) is 4.98 Å². The van der Waals surface area contributed by atoms with E-state index in [0.717, 1.165) is 65.1 Å². The molecule has 1 aliphatic heterocycles. The first-order valence-electron chi connectivity index (χ1n) is 13.1. The SMILES string of the molecule is CN1CCN(c2cncc3[nH]c(-c4n[nH]c5cnc(-c6cncc(NC(=O)CC(C)(C)C)c6)cc45)nc23)CC1. The van der Waals surface area contributed by atoms with Crippen LogP contribution in [0.15, 0.2) is 43.1 Å². The molecule has 11 heteroatoms. The summed E-state index contributed by atoms with van der Waals surface area (Å²) < 4.78 is 0. The zero-order valence-corrected chi connectivity index (χ0v) is 22.6. The molecule has 0 radical (unpaired) electrons. The Labute approximate surface area is 226 Å². The van der Waals surface area contributed by atoms with Gasteiger partial charge in [0.25, 0.3) is 0 Å². The quantitative estimate of drug-likeness (QED) is 0.313. The van der Waals surface area contributed by atoms with Crippen molar-refractivity contribution in [3.63, 3.8) is 0 Å². The molecule has 1 aliphatic rings. The highest BCUT2D eigenvalue weighted by atomic mass is 16.1. The van der Waals surface area contributed by atoms with Crippen LogP contribution in [-0.4, -0.2) is 79.2 Å². The van der Waals surface area contributed by atoms with E-state index < -0.39 is 0 Å². The van der Waals surface area contributed by atoms with Gasteiger partial charge in [0.05, 0.1) is 52.9 Å². The van der Waals surface area contributed by atoms with Crippen LogP contribution in [0.25, 0.3) is 44.7 Å². The largest absolute Gasteiger partial charge is 0.366 e. The van der Waals surface area contributed by atoms with Gasteiger partial charge >= 0.3 is 0 Å². The van der Waals surface area contributed by atoms with E-state index in [1.54, 1.807) is 24.8 Å². The molecule has 0 aromatic carbocycles. The number of hydrogen-bond donors (Lipinski definition) is 3. The Morgan fingerprint density at radius 2 is 1.79 bits per heavy atom. The van der Waals surface area contributed by atoms with Gasteiger partial charge < -0.3 is 20.1 Å². The molecule has 0 aliphatic carbocycles. The first kappa shape index (κ1) is 24.9. The van der Waals surface area contributed by atoms with Gasteiger partial charge in [-0.2, -0.15) is 5.10 Å². The number of piperazine rings is 1. The monoisotopic (exact) mass is 524 g/mol. The fraction of sp³-hybridized carbons (Fsp3) is 0.357. The molecule has 0 unspecified atom stereocenters. The molecule has 1 saturated heterocycles. The number of anilines is 2. The summed E-state index contributed by atoms with van der Waals surface area (Å²) in [5.74, 6) is 0.621. The zero-order chi connectivity index (χ0) is 27.1. The summed E-state index contributed by atoms with van der Waals surface area (Å²) in [6.07, 6.45) is 9.26. The molecule has 1 fully saturated rings. The third-order valence-electron chi connectivity index (χ3n) is 6.90. The van der Waals surface area contributed by atoms with E-state index in [0.29, 0.717) is 23.6 Å². The van der Waals surface area contributed by atoms with Crippen LogP contribution in [0, 0.1) is 5.41 Å². The number of pyridine rings is 3. The predicted molar refractivity (Wildman–Crippen MR) is 152 cm³/mol. The molecule has 3 N–H and O–H groups in total. The number of fused-ring (bicyclic) bond motifs is 2. The van der Waals surface area contributed by atoms with Crippen LogP contribution >= 0.6 is 0 Å². The molecule has 5 aromatic heterocycles. The van der Waals surface area contributed by atoms with Crippen molar-refractivity contribution in [1.29, 1.82) is 0 Å². The number of rotatable bonds is 5. The smallest absolute Gasteiger partial charge is 0.224 e. The number of nitrogens with one attached hydrogen (secondary N) is 3. The van der Waals surface area contributed by atoms with Crippen LogP contribution in [0.4, 0.5) is 11.4 Å². The van der Waals surface area contributed by atoms with Gasteiger partial charge in [-0.1, -0.05) is 20.8 Å². The molecule has 0 atom stereocenters. The summed E-state index contributed by atoms with van der Waals surface area (Å²) in [7, 11) is 2.14. The summed E-state index contributed by atoms with van der Waals surface area (Å²) in [6, 6.07) is 3.86. The lowest BCUT2D eigenvalue weighted by atomic mass is 9.92. The Morgan fingerprint density at radius 1 is 1.00 bits per heavy atom. The summed E-state index contributed by atoms with van der Waals surface area (Å²) in [4.78, 5) is 38.9. The van der Waals surface area contributed by atoms with Crippen molar-refractivity contribution in [2.45, 2.75) is 27.2 Å². The zero-order valence-electron chi connectivity index (χ0n) is 22.6. The Kier molecular flexibility index (Phi) is 6.22. The normalized spacial score (nSPS) is 14.8. The molecule has 5 aromatic rings. The number of aromatic amines is 2. The van der Waals surface area contributed by atoms with Crippen LogP contribution in [0.1, 0.15) is 27.2 Å². The molecule has 11 nitrogen and oxygen atoms in total. The van der Waals surface area contributed by atoms with Gasteiger partial charge in [0, 0.05) is 49.7 Å². The molecule has 0 saturated carbocycles. The summed E-state index contributed by atoms with van der Waals surface area (Å²) in [6.45, 7) is 9.98. The minimum Gasteiger partial charge on any atom is -0.366 e. The minimum absolute atomic E-state index is 0.0442. The average Bonchev–Trinajstić information content (AvgIpc) is 3.52. The minimum atomic E-state index is -0.0998. The van der Waals surface area contributed by atoms with Gasteiger partial charge in [-0.3, -0.25) is 24.8 Å². The third-order valence-corrected chi connectivity index (χ3v) is 6.90. The first-order valence-corrected chi connectivity index (χ1v) is 13.1. The van der Waals surface area contributed by atoms with Crippen molar-refractivity contribution in [3.05, 3.63) is 43.1 Å². The Balaban J connectivity index is 1.32. The molecular weight excluding hydrogens is 492 g/mol. The number of imidazole rings is 1. The number of aromatic nitrogens is 7.